The van der Waals surface area contributed by atoms with Gasteiger partial charge in [0.25, 0.3) is 0 Å². The minimum atomic E-state index is -0.159. The highest BCUT2D eigenvalue weighted by atomic mass is 35.5. The van der Waals surface area contributed by atoms with E-state index in [-0.39, 0.29) is 11.9 Å². The SMILES string of the molecule is O=C([C@@H]1CCCN1c1ncccn1)N1CCc2c(Cl)cccc2C1. The Hall–Kier alpha value is -2.14. The Labute approximate surface area is 146 Å². The summed E-state index contributed by atoms with van der Waals surface area (Å²) in [6, 6.07) is 7.57. The Balaban J connectivity index is 1.54. The molecule has 0 radical (unpaired) electrons. The molecule has 1 aromatic heterocycles. The molecule has 0 unspecified atom stereocenters. The molecule has 3 heterocycles. The van der Waals surface area contributed by atoms with Crippen molar-refractivity contribution in [2.24, 2.45) is 0 Å². The maximum atomic E-state index is 13.1. The zero-order chi connectivity index (χ0) is 16.5. The molecule has 1 saturated heterocycles. The average Bonchev–Trinajstić information content (AvgIpc) is 3.11. The van der Waals surface area contributed by atoms with Crippen LogP contribution in [-0.4, -0.2) is 39.9 Å². The third-order valence-electron chi connectivity index (χ3n) is 4.87. The van der Waals surface area contributed by atoms with E-state index < -0.39 is 0 Å². The molecule has 0 saturated carbocycles. The van der Waals surface area contributed by atoms with Gasteiger partial charge >= 0.3 is 0 Å². The molecule has 0 bridgehead atoms. The molecule has 0 aliphatic carbocycles. The fourth-order valence-corrected chi connectivity index (χ4v) is 3.95. The van der Waals surface area contributed by atoms with E-state index >= 15 is 0 Å². The molecular weight excluding hydrogens is 324 g/mol. The number of nitrogens with zero attached hydrogens (tertiary/aromatic N) is 4. The molecule has 24 heavy (non-hydrogen) atoms. The van der Waals surface area contributed by atoms with Gasteiger partial charge in [-0.05, 0) is 42.5 Å². The quantitative estimate of drug-likeness (QED) is 0.842. The zero-order valence-corrected chi connectivity index (χ0v) is 14.1. The van der Waals surface area contributed by atoms with Crippen LogP contribution in [-0.2, 0) is 17.8 Å². The summed E-state index contributed by atoms with van der Waals surface area (Å²) >= 11 is 6.27. The largest absolute Gasteiger partial charge is 0.336 e. The summed E-state index contributed by atoms with van der Waals surface area (Å²) < 4.78 is 0. The van der Waals surface area contributed by atoms with Crippen LogP contribution in [0.3, 0.4) is 0 Å². The van der Waals surface area contributed by atoms with Crippen LogP contribution in [0.1, 0.15) is 24.0 Å². The van der Waals surface area contributed by atoms with E-state index in [9.17, 15) is 4.79 Å². The summed E-state index contributed by atoms with van der Waals surface area (Å²) in [5.41, 5.74) is 2.33. The average molecular weight is 343 g/mol. The highest BCUT2D eigenvalue weighted by Crippen LogP contribution is 2.29. The van der Waals surface area contributed by atoms with Crippen LogP contribution in [0, 0.1) is 0 Å². The van der Waals surface area contributed by atoms with Gasteiger partial charge in [0.2, 0.25) is 11.9 Å². The number of fused-ring (bicyclic) bond motifs is 1. The van der Waals surface area contributed by atoms with E-state index in [1.807, 2.05) is 21.9 Å². The molecule has 5 nitrogen and oxygen atoms in total. The first-order valence-corrected chi connectivity index (χ1v) is 8.70. The molecule has 6 heteroatoms. The Kier molecular flexibility index (Phi) is 4.10. The summed E-state index contributed by atoms with van der Waals surface area (Å²) in [5.74, 6) is 0.819. The van der Waals surface area contributed by atoms with Crippen molar-refractivity contribution in [2.75, 3.05) is 18.0 Å². The molecule has 124 valence electrons. The van der Waals surface area contributed by atoms with Crippen LogP contribution in [0.4, 0.5) is 5.95 Å². The fraction of sp³-hybridized carbons (Fsp3) is 0.389. The van der Waals surface area contributed by atoms with E-state index in [4.69, 9.17) is 11.6 Å². The third-order valence-corrected chi connectivity index (χ3v) is 5.22. The Morgan fingerprint density at radius 3 is 2.83 bits per heavy atom. The smallest absolute Gasteiger partial charge is 0.245 e. The maximum absolute atomic E-state index is 13.1. The van der Waals surface area contributed by atoms with Gasteiger partial charge in [-0.3, -0.25) is 4.79 Å². The number of benzene rings is 1. The third kappa shape index (κ3) is 2.73. The van der Waals surface area contributed by atoms with Crippen molar-refractivity contribution < 1.29 is 4.79 Å². The van der Waals surface area contributed by atoms with Crippen molar-refractivity contribution in [1.82, 2.24) is 14.9 Å². The lowest BCUT2D eigenvalue weighted by Crippen LogP contribution is -2.47. The molecule has 1 aromatic carbocycles. The monoisotopic (exact) mass is 342 g/mol. The van der Waals surface area contributed by atoms with Gasteiger partial charge < -0.3 is 9.80 Å². The van der Waals surface area contributed by atoms with Crippen molar-refractivity contribution in [3.63, 3.8) is 0 Å². The second kappa shape index (κ2) is 6.40. The van der Waals surface area contributed by atoms with Crippen molar-refractivity contribution in [1.29, 1.82) is 0 Å². The number of rotatable bonds is 2. The van der Waals surface area contributed by atoms with Gasteiger partial charge in [-0.2, -0.15) is 0 Å². The number of carbonyl (C=O) groups excluding carboxylic acids is 1. The predicted octanol–water partition coefficient (Wildman–Crippen LogP) is 2.68. The molecule has 0 spiro atoms. The molecule has 2 aromatic rings. The lowest BCUT2D eigenvalue weighted by atomic mass is 9.99. The topological polar surface area (TPSA) is 49.3 Å². The summed E-state index contributed by atoms with van der Waals surface area (Å²) in [6.07, 6.45) is 6.11. The number of hydrogen-bond donors (Lipinski definition) is 0. The van der Waals surface area contributed by atoms with Gasteiger partial charge in [0.05, 0.1) is 0 Å². The van der Waals surface area contributed by atoms with E-state index in [1.165, 1.54) is 5.56 Å². The van der Waals surface area contributed by atoms with Crippen molar-refractivity contribution in [3.8, 4) is 0 Å². The molecule has 2 aliphatic heterocycles. The van der Waals surface area contributed by atoms with Crippen LogP contribution in [0.2, 0.25) is 5.02 Å². The zero-order valence-electron chi connectivity index (χ0n) is 13.4. The van der Waals surface area contributed by atoms with E-state index in [0.717, 1.165) is 42.9 Å². The molecule has 0 N–H and O–H groups in total. The van der Waals surface area contributed by atoms with Gasteiger partial charge in [0.15, 0.2) is 0 Å². The normalized spacial score (nSPS) is 20.1. The summed E-state index contributed by atoms with van der Waals surface area (Å²) in [6.45, 7) is 2.18. The number of anilines is 1. The number of amides is 1. The lowest BCUT2D eigenvalue weighted by molar-refractivity contribution is -0.133. The molecular formula is C18H19ClN4O. The van der Waals surface area contributed by atoms with Crippen LogP contribution < -0.4 is 4.90 Å². The van der Waals surface area contributed by atoms with Crippen LogP contribution in [0.5, 0.6) is 0 Å². The second-order valence-electron chi connectivity index (χ2n) is 6.29. The number of hydrogen-bond acceptors (Lipinski definition) is 4. The summed E-state index contributed by atoms with van der Waals surface area (Å²) in [5, 5.41) is 0.805. The van der Waals surface area contributed by atoms with Gasteiger partial charge in [-0.15, -0.1) is 0 Å². The van der Waals surface area contributed by atoms with Crippen molar-refractivity contribution in [2.45, 2.75) is 31.8 Å². The minimum absolute atomic E-state index is 0.159. The van der Waals surface area contributed by atoms with Crippen LogP contribution >= 0.6 is 11.6 Å². The van der Waals surface area contributed by atoms with Crippen molar-refractivity contribution in [3.05, 3.63) is 52.8 Å². The standard InChI is InChI=1S/C18H19ClN4O/c19-15-5-1-4-13-12-22(11-7-14(13)15)17(24)16-6-2-10-23(16)18-20-8-3-9-21-18/h1,3-5,8-9,16H,2,6-7,10-12H2/t16-/m0/s1. The van der Waals surface area contributed by atoms with Crippen LogP contribution in [0.15, 0.2) is 36.7 Å². The van der Waals surface area contributed by atoms with E-state index in [1.54, 1.807) is 18.5 Å². The molecule has 1 atom stereocenters. The lowest BCUT2D eigenvalue weighted by Gasteiger charge is -2.33. The first kappa shape index (κ1) is 15.4. The first-order chi connectivity index (χ1) is 11.7. The van der Waals surface area contributed by atoms with Gasteiger partial charge in [-0.25, -0.2) is 9.97 Å². The van der Waals surface area contributed by atoms with Gasteiger partial charge in [0, 0.05) is 37.1 Å². The molecule has 1 amide bonds. The van der Waals surface area contributed by atoms with E-state index in [2.05, 4.69) is 16.0 Å². The van der Waals surface area contributed by atoms with Gasteiger partial charge in [0.1, 0.15) is 6.04 Å². The van der Waals surface area contributed by atoms with Gasteiger partial charge in [-0.1, -0.05) is 23.7 Å². The van der Waals surface area contributed by atoms with E-state index in [0.29, 0.717) is 12.5 Å². The number of halogens is 1. The minimum Gasteiger partial charge on any atom is -0.336 e. The Morgan fingerprint density at radius 1 is 1.17 bits per heavy atom. The molecule has 2 aliphatic rings. The first-order valence-electron chi connectivity index (χ1n) is 8.33. The fourth-order valence-electron chi connectivity index (χ4n) is 3.66. The van der Waals surface area contributed by atoms with Crippen LogP contribution in [0.25, 0.3) is 0 Å². The maximum Gasteiger partial charge on any atom is 0.245 e. The highest BCUT2D eigenvalue weighted by Gasteiger charge is 2.36. The number of aromatic nitrogens is 2. The second-order valence-corrected chi connectivity index (χ2v) is 6.69. The summed E-state index contributed by atoms with van der Waals surface area (Å²) in [4.78, 5) is 25.7. The number of carbonyl (C=O) groups is 1. The highest BCUT2D eigenvalue weighted by molar-refractivity contribution is 6.31. The molecule has 1 fully saturated rings. The summed E-state index contributed by atoms with van der Waals surface area (Å²) in [7, 11) is 0. The van der Waals surface area contributed by atoms with Crippen molar-refractivity contribution >= 4 is 23.5 Å². The Morgan fingerprint density at radius 2 is 2.00 bits per heavy atom. The molecule has 4 rings (SSSR count). The predicted molar refractivity (Wildman–Crippen MR) is 93.0 cm³/mol. The Bertz CT molecular complexity index is 752.